The second-order valence-electron chi connectivity index (χ2n) is 2.56. The van der Waals surface area contributed by atoms with Gasteiger partial charge in [-0.2, -0.15) is 22.0 Å². The van der Waals surface area contributed by atoms with Gasteiger partial charge in [-0.25, -0.2) is 0 Å². The molecule has 0 saturated carbocycles. The van der Waals surface area contributed by atoms with Crippen molar-refractivity contribution in [2.45, 2.75) is 17.4 Å². The molecule has 0 bridgehead atoms. The van der Waals surface area contributed by atoms with Crippen LogP contribution in [-0.2, 0) is 11.3 Å². The third kappa shape index (κ3) is 2.24. The van der Waals surface area contributed by atoms with E-state index in [1.54, 1.807) is 0 Å². The van der Waals surface area contributed by atoms with E-state index in [1.807, 2.05) is 0 Å². The third-order valence-electron chi connectivity index (χ3n) is 1.55. The molecule has 0 aliphatic rings. The quantitative estimate of drug-likeness (QED) is 0.618. The van der Waals surface area contributed by atoms with Crippen molar-refractivity contribution in [2.24, 2.45) is 0 Å². The van der Waals surface area contributed by atoms with Gasteiger partial charge in [-0.1, -0.05) is 15.9 Å². The van der Waals surface area contributed by atoms with Crippen LogP contribution >= 0.6 is 15.9 Å². The molecule has 0 aliphatic heterocycles. The van der Waals surface area contributed by atoms with Gasteiger partial charge in [0.2, 0.25) is 0 Å². The molecule has 15 heavy (non-hydrogen) atoms. The van der Waals surface area contributed by atoms with Gasteiger partial charge in [0.15, 0.2) is 0 Å². The smallest absolute Gasteiger partial charge is 0.257 e. The minimum Gasteiger partial charge on any atom is -0.257 e. The first kappa shape index (κ1) is 12.3. The number of aromatic nitrogens is 2. The lowest BCUT2D eigenvalue weighted by atomic mass is 10.2. The standard InChI is InChI=1S/C7H4BrF5N2/c8-3-4-5(15-2-1-14-4)6(9,10)7(11,12)13/h1-2H,3H2. The molecule has 0 unspecified atom stereocenters. The molecule has 0 N–H and O–H groups in total. The Kier molecular flexibility index (Phi) is 3.27. The number of nitrogens with zero attached hydrogens (tertiary/aromatic N) is 2. The molecule has 1 heterocycles. The Morgan fingerprint density at radius 1 is 1.07 bits per heavy atom. The minimum absolute atomic E-state index is 0.220. The van der Waals surface area contributed by atoms with E-state index >= 15 is 0 Å². The molecule has 0 radical (unpaired) electrons. The Labute approximate surface area is 89.7 Å². The average Bonchev–Trinajstić information content (AvgIpc) is 2.16. The topological polar surface area (TPSA) is 25.8 Å². The van der Waals surface area contributed by atoms with Crippen LogP contribution in [0.4, 0.5) is 22.0 Å². The molecule has 8 heteroatoms. The summed E-state index contributed by atoms with van der Waals surface area (Å²) in [5.41, 5.74) is -1.80. The van der Waals surface area contributed by atoms with Crippen LogP contribution in [0, 0.1) is 0 Å². The fraction of sp³-hybridized carbons (Fsp3) is 0.429. The van der Waals surface area contributed by atoms with E-state index in [9.17, 15) is 22.0 Å². The van der Waals surface area contributed by atoms with E-state index in [0.717, 1.165) is 12.4 Å². The molecule has 0 saturated heterocycles. The highest BCUT2D eigenvalue weighted by Gasteiger charge is 2.60. The normalized spacial score (nSPS) is 12.9. The first-order chi connectivity index (χ1) is 6.80. The Bertz CT molecular complexity index is 351. The van der Waals surface area contributed by atoms with Gasteiger partial charge in [0.05, 0.1) is 5.69 Å². The summed E-state index contributed by atoms with van der Waals surface area (Å²) in [4.78, 5) is 6.41. The Morgan fingerprint density at radius 3 is 2.07 bits per heavy atom. The molecular weight excluding hydrogens is 287 g/mol. The van der Waals surface area contributed by atoms with Crippen molar-refractivity contribution in [2.75, 3.05) is 0 Å². The van der Waals surface area contributed by atoms with Gasteiger partial charge in [0.25, 0.3) is 0 Å². The van der Waals surface area contributed by atoms with Crippen LogP contribution in [-0.4, -0.2) is 16.1 Å². The van der Waals surface area contributed by atoms with Crippen molar-refractivity contribution in [3.05, 3.63) is 23.8 Å². The molecule has 84 valence electrons. The molecule has 1 aromatic heterocycles. The maximum Gasteiger partial charge on any atom is 0.459 e. The zero-order valence-corrected chi connectivity index (χ0v) is 8.61. The third-order valence-corrected chi connectivity index (χ3v) is 2.09. The van der Waals surface area contributed by atoms with Crippen molar-refractivity contribution in [1.29, 1.82) is 0 Å². The molecule has 1 rings (SSSR count). The SMILES string of the molecule is FC(F)(F)C(F)(F)c1nccnc1CBr. The Balaban J connectivity index is 3.26. The van der Waals surface area contributed by atoms with E-state index in [-0.39, 0.29) is 5.33 Å². The van der Waals surface area contributed by atoms with E-state index in [1.165, 1.54) is 0 Å². The minimum atomic E-state index is -5.67. The molecule has 0 spiro atoms. The summed E-state index contributed by atoms with van der Waals surface area (Å²) < 4.78 is 61.7. The summed E-state index contributed by atoms with van der Waals surface area (Å²) in [6.07, 6.45) is -3.83. The summed E-state index contributed by atoms with van der Waals surface area (Å²) >= 11 is 2.76. The molecule has 0 aromatic carbocycles. The number of halogens is 6. The lowest BCUT2D eigenvalue weighted by molar-refractivity contribution is -0.291. The monoisotopic (exact) mass is 290 g/mol. The highest BCUT2D eigenvalue weighted by molar-refractivity contribution is 9.08. The Hall–Kier alpha value is -0.790. The second-order valence-corrected chi connectivity index (χ2v) is 3.12. The number of hydrogen-bond acceptors (Lipinski definition) is 2. The van der Waals surface area contributed by atoms with Crippen LogP contribution in [0.2, 0.25) is 0 Å². The van der Waals surface area contributed by atoms with Gasteiger partial charge in [-0.05, 0) is 0 Å². The molecule has 0 atom stereocenters. The summed E-state index contributed by atoms with van der Waals surface area (Å²) in [6.45, 7) is 0. The first-order valence-corrected chi connectivity index (χ1v) is 4.73. The molecule has 2 nitrogen and oxygen atoms in total. The van der Waals surface area contributed by atoms with Crippen molar-refractivity contribution in [1.82, 2.24) is 9.97 Å². The van der Waals surface area contributed by atoms with Crippen molar-refractivity contribution in [3.8, 4) is 0 Å². The van der Waals surface area contributed by atoms with Gasteiger partial charge in [0, 0.05) is 17.7 Å². The molecule has 0 amide bonds. The maximum atomic E-state index is 12.9. The number of alkyl halides is 6. The van der Waals surface area contributed by atoms with Crippen molar-refractivity contribution in [3.63, 3.8) is 0 Å². The summed E-state index contributed by atoms with van der Waals surface area (Å²) in [6, 6.07) is 0. The predicted molar refractivity (Wildman–Crippen MR) is 44.6 cm³/mol. The molecule has 1 aromatic rings. The molecule has 0 fully saturated rings. The van der Waals surface area contributed by atoms with Crippen LogP contribution in [0.5, 0.6) is 0 Å². The number of hydrogen-bond donors (Lipinski definition) is 0. The van der Waals surface area contributed by atoms with Crippen LogP contribution in [0.3, 0.4) is 0 Å². The van der Waals surface area contributed by atoms with Gasteiger partial charge in [0.1, 0.15) is 5.69 Å². The predicted octanol–water partition coefficient (Wildman–Crippen LogP) is 3.03. The second kappa shape index (κ2) is 3.99. The van der Waals surface area contributed by atoms with Gasteiger partial charge < -0.3 is 0 Å². The summed E-state index contributed by atoms with van der Waals surface area (Å²) in [5.74, 6) is -4.98. The molecule has 0 aliphatic carbocycles. The van der Waals surface area contributed by atoms with Crippen molar-refractivity contribution < 1.29 is 22.0 Å². The zero-order valence-electron chi connectivity index (χ0n) is 7.02. The maximum absolute atomic E-state index is 12.9. The summed E-state index contributed by atoms with van der Waals surface area (Å²) in [7, 11) is 0. The zero-order chi connectivity index (χ0) is 11.7. The molecular formula is C7H4BrF5N2. The van der Waals surface area contributed by atoms with Gasteiger partial charge in [-0.3, -0.25) is 9.97 Å². The highest BCUT2D eigenvalue weighted by atomic mass is 79.9. The first-order valence-electron chi connectivity index (χ1n) is 3.61. The van der Waals surface area contributed by atoms with Crippen LogP contribution in [0.1, 0.15) is 11.4 Å². The summed E-state index contributed by atoms with van der Waals surface area (Å²) in [5, 5.41) is -0.220. The fourth-order valence-electron chi connectivity index (χ4n) is 0.861. The van der Waals surface area contributed by atoms with Gasteiger partial charge in [-0.15, -0.1) is 0 Å². The lowest BCUT2D eigenvalue weighted by Crippen LogP contribution is -2.35. The largest absolute Gasteiger partial charge is 0.459 e. The Morgan fingerprint density at radius 2 is 1.60 bits per heavy atom. The van der Waals surface area contributed by atoms with E-state index in [2.05, 4.69) is 25.9 Å². The van der Waals surface area contributed by atoms with Crippen molar-refractivity contribution >= 4 is 15.9 Å². The lowest BCUT2D eigenvalue weighted by Gasteiger charge is -2.19. The van der Waals surface area contributed by atoms with Gasteiger partial charge >= 0.3 is 12.1 Å². The highest BCUT2D eigenvalue weighted by Crippen LogP contribution is 2.43. The average molecular weight is 291 g/mol. The van der Waals surface area contributed by atoms with E-state index in [0.29, 0.717) is 0 Å². The van der Waals surface area contributed by atoms with E-state index < -0.39 is 23.5 Å². The van der Waals surface area contributed by atoms with Crippen LogP contribution in [0.15, 0.2) is 12.4 Å². The van der Waals surface area contributed by atoms with Crippen LogP contribution < -0.4 is 0 Å². The van der Waals surface area contributed by atoms with Crippen LogP contribution in [0.25, 0.3) is 0 Å². The van der Waals surface area contributed by atoms with E-state index in [4.69, 9.17) is 0 Å². The fourth-order valence-corrected chi connectivity index (χ4v) is 1.27. The number of rotatable bonds is 2.